The molecule has 0 saturated carbocycles. The van der Waals surface area contributed by atoms with Crippen LogP contribution in [0.5, 0.6) is 0 Å². The number of ether oxygens (including phenoxy) is 1. The van der Waals surface area contributed by atoms with E-state index in [0.29, 0.717) is 15.4 Å². The van der Waals surface area contributed by atoms with Gasteiger partial charge in [-0.3, -0.25) is 9.59 Å². The lowest BCUT2D eigenvalue weighted by Gasteiger charge is -2.07. The third kappa shape index (κ3) is 4.67. The molecule has 0 aromatic carbocycles. The fraction of sp³-hybridized carbons (Fsp3) is 0.353. The lowest BCUT2D eigenvalue weighted by Crippen LogP contribution is -2.29. The van der Waals surface area contributed by atoms with Crippen molar-refractivity contribution < 1.29 is 19.1 Å². The number of esters is 1. The maximum Gasteiger partial charge on any atom is 0.341 e. The summed E-state index contributed by atoms with van der Waals surface area (Å²) >= 11 is 2.56. The molecule has 0 aliphatic rings. The predicted octanol–water partition coefficient (Wildman–Crippen LogP) is 3.22. The molecule has 134 valence electrons. The molecule has 8 heteroatoms. The molecular weight excluding hydrogens is 360 g/mol. The van der Waals surface area contributed by atoms with Crippen LogP contribution in [0, 0.1) is 6.92 Å². The molecule has 25 heavy (non-hydrogen) atoms. The molecule has 2 aromatic rings. The number of nitrogens with one attached hydrogen (secondary N) is 2. The van der Waals surface area contributed by atoms with Gasteiger partial charge in [-0.2, -0.15) is 0 Å². The molecule has 2 aromatic heterocycles. The number of methoxy groups -OCH3 is 1. The van der Waals surface area contributed by atoms with Crippen LogP contribution in [0.2, 0.25) is 0 Å². The first-order valence-corrected chi connectivity index (χ1v) is 9.37. The first kappa shape index (κ1) is 19.1. The van der Waals surface area contributed by atoms with Gasteiger partial charge >= 0.3 is 5.97 Å². The molecule has 2 heterocycles. The minimum Gasteiger partial charge on any atom is -0.465 e. The summed E-state index contributed by atoms with van der Waals surface area (Å²) < 4.78 is 4.81. The second-order valence-electron chi connectivity index (χ2n) is 5.68. The third-order valence-corrected chi connectivity index (χ3v) is 5.41. The summed E-state index contributed by atoms with van der Waals surface area (Å²) in [6.07, 6.45) is 0.211. The first-order chi connectivity index (χ1) is 11.8. The van der Waals surface area contributed by atoms with E-state index in [9.17, 15) is 14.4 Å². The van der Waals surface area contributed by atoms with Crippen molar-refractivity contribution in [1.82, 2.24) is 5.32 Å². The van der Waals surface area contributed by atoms with E-state index in [1.165, 1.54) is 18.4 Å². The molecule has 0 aliphatic carbocycles. The van der Waals surface area contributed by atoms with E-state index >= 15 is 0 Å². The molecule has 0 spiro atoms. The van der Waals surface area contributed by atoms with Crippen LogP contribution in [0.15, 0.2) is 17.5 Å². The van der Waals surface area contributed by atoms with Gasteiger partial charge in [0.05, 0.1) is 24.0 Å². The van der Waals surface area contributed by atoms with Crippen molar-refractivity contribution in [2.24, 2.45) is 0 Å². The van der Waals surface area contributed by atoms with Crippen LogP contribution in [0.3, 0.4) is 0 Å². The number of carbonyl (C=O) groups excluding carboxylic acids is 3. The van der Waals surface area contributed by atoms with Gasteiger partial charge in [0.15, 0.2) is 0 Å². The summed E-state index contributed by atoms with van der Waals surface area (Å²) in [6, 6.07) is 3.70. The van der Waals surface area contributed by atoms with Crippen molar-refractivity contribution in [2.75, 3.05) is 12.4 Å². The van der Waals surface area contributed by atoms with E-state index in [2.05, 4.69) is 10.6 Å². The second kappa shape index (κ2) is 8.26. The minimum absolute atomic E-state index is 0.0348. The molecule has 2 N–H and O–H groups in total. The molecule has 6 nitrogen and oxygen atoms in total. The molecule has 0 fully saturated rings. The summed E-state index contributed by atoms with van der Waals surface area (Å²) in [5.74, 6) is -1.10. The van der Waals surface area contributed by atoms with Gasteiger partial charge in [0.1, 0.15) is 5.00 Å². The van der Waals surface area contributed by atoms with Crippen molar-refractivity contribution in [1.29, 1.82) is 0 Å². The van der Waals surface area contributed by atoms with Crippen molar-refractivity contribution in [3.63, 3.8) is 0 Å². The molecule has 0 bridgehead atoms. The van der Waals surface area contributed by atoms with Gasteiger partial charge in [-0.15, -0.1) is 22.7 Å². The molecule has 2 amide bonds. The van der Waals surface area contributed by atoms with E-state index in [4.69, 9.17) is 4.74 Å². The fourth-order valence-electron chi connectivity index (χ4n) is 2.24. The van der Waals surface area contributed by atoms with Crippen LogP contribution in [-0.4, -0.2) is 30.9 Å². The number of hydrogen-bond acceptors (Lipinski definition) is 6. The molecule has 0 saturated heterocycles. The maximum absolute atomic E-state index is 12.3. The average Bonchev–Trinajstić information content (AvgIpc) is 3.14. The van der Waals surface area contributed by atoms with E-state index in [-0.39, 0.29) is 29.8 Å². The SMILES string of the molecule is COC(=O)c1c(NC(=O)Cc2cccs2)sc(C(=O)NC(C)C)c1C. The van der Waals surface area contributed by atoms with Crippen molar-refractivity contribution >= 4 is 45.5 Å². The van der Waals surface area contributed by atoms with Crippen LogP contribution < -0.4 is 10.6 Å². The maximum atomic E-state index is 12.3. The largest absolute Gasteiger partial charge is 0.465 e. The zero-order valence-electron chi connectivity index (χ0n) is 14.5. The number of thiophene rings is 2. The Hall–Kier alpha value is -2.19. The Bertz CT molecular complexity index is 779. The highest BCUT2D eigenvalue weighted by Crippen LogP contribution is 2.34. The highest BCUT2D eigenvalue weighted by molar-refractivity contribution is 7.18. The van der Waals surface area contributed by atoms with Crippen LogP contribution in [-0.2, 0) is 16.0 Å². The molecule has 0 radical (unpaired) electrons. The van der Waals surface area contributed by atoms with Crippen molar-refractivity contribution in [3.8, 4) is 0 Å². The zero-order chi connectivity index (χ0) is 18.6. The highest BCUT2D eigenvalue weighted by Gasteiger charge is 2.26. The number of anilines is 1. The smallest absolute Gasteiger partial charge is 0.341 e. The van der Waals surface area contributed by atoms with Gasteiger partial charge < -0.3 is 15.4 Å². The van der Waals surface area contributed by atoms with Gasteiger partial charge in [0.2, 0.25) is 5.91 Å². The average molecular weight is 380 g/mol. The summed E-state index contributed by atoms with van der Waals surface area (Å²) in [4.78, 5) is 38.0. The van der Waals surface area contributed by atoms with Gasteiger partial charge in [-0.25, -0.2) is 4.79 Å². The van der Waals surface area contributed by atoms with Gasteiger partial charge in [0, 0.05) is 10.9 Å². The number of hydrogen-bond donors (Lipinski definition) is 2. The lowest BCUT2D eigenvalue weighted by atomic mass is 10.1. The molecule has 0 unspecified atom stereocenters. The Kier molecular flexibility index (Phi) is 6.33. The Balaban J connectivity index is 2.30. The molecule has 0 atom stereocenters. The topological polar surface area (TPSA) is 84.5 Å². The Labute approximate surface area is 154 Å². The molecule has 2 rings (SSSR count). The van der Waals surface area contributed by atoms with E-state index in [0.717, 1.165) is 16.2 Å². The molecular formula is C17H20N2O4S2. The monoisotopic (exact) mass is 380 g/mol. The molecule has 0 aliphatic heterocycles. The quantitative estimate of drug-likeness (QED) is 0.754. The zero-order valence-corrected chi connectivity index (χ0v) is 16.1. The summed E-state index contributed by atoms with van der Waals surface area (Å²) in [5, 5.41) is 7.76. The van der Waals surface area contributed by atoms with E-state index < -0.39 is 5.97 Å². The summed E-state index contributed by atoms with van der Waals surface area (Å²) in [7, 11) is 1.27. The van der Waals surface area contributed by atoms with Crippen molar-refractivity contribution in [2.45, 2.75) is 33.2 Å². The normalized spacial score (nSPS) is 10.6. The standard InChI is InChI=1S/C17H20N2O4S2/c1-9(2)18-15(21)14-10(3)13(17(22)23-4)16(25-14)19-12(20)8-11-6-5-7-24-11/h5-7,9H,8H2,1-4H3,(H,18,21)(H,19,20). The van der Waals surface area contributed by atoms with E-state index in [1.807, 2.05) is 31.4 Å². The summed E-state index contributed by atoms with van der Waals surface area (Å²) in [6.45, 7) is 5.38. The Morgan fingerprint density at radius 2 is 2.00 bits per heavy atom. The number of rotatable bonds is 6. The first-order valence-electron chi connectivity index (χ1n) is 7.68. The fourth-order valence-corrected chi connectivity index (χ4v) is 4.05. The Morgan fingerprint density at radius 3 is 2.56 bits per heavy atom. The lowest BCUT2D eigenvalue weighted by molar-refractivity contribution is -0.115. The number of carbonyl (C=O) groups is 3. The number of amides is 2. The van der Waals surface area contributed by atoms with Gasteiger partial charge in [0.25, 0.3) is 5.91 Å². The third-order valence-electron chi connectivity index (χ3n) is 3.33. The van der Waals surface area contributed by atoms with Crippen LogP contribution in [0.1, 0.15) is 44.3 Å². The van der Waals surface area contributed by atoms with Gasteiger partial charge in [-0.1, -0.05) is 6.07 Å². The van der Waals surface area contributed by atoms with Crippen molar-refractivity contribution in [3.05, 3.63) is 38.4 Å². The van der Waals surface area contributed by atoms with E-state index in [1.54, 1.807) is 6.92 Å². The highest BCUT2D eigenvalue weighted by atomic mass is 32.1. The van der Waals surface area contributed by atoms with Crippen LogP contribution in [0.25, 0.3) is 0 Å². The summed E-state index contributed by atoms with van der Waals surface area (Å²) in [5.41, 5.74) is 0.724. The van der Waals surface area contributed by atoms with Crippen LogP contribution in [0.4, 0.5) is 5.00 Å². The Morgan fingerprint density at radius 1 is 1.28 bits per heavy atom. The van der Waals surface area contributed by atoms with Crippen LogP contribution >= 0.6 is 22.7 Å². The second-order valence-corrected chi connectivity index (χ2v) is 7.74. The minimum atomic E-state index is -0.580. The predicted molar refractivity (Wildman–Crippen MR) is 99.7 cm³/mol. The van der Waals surface area contributed by atoms with Gasteiger partial charge in [-0.05, 0) is 37.8 Å².